The van der Waals surface area contributed by atoms with Crippen LogP contribution in [0.3, 0.4) is 0 Å². The van der Waals surface area contributed by atoms with Gasteiger partial charge >= 0.3 is 12.1 Å². The maximum absolute atomic E-state index is 11.8. The van der Waals surface area contributed by atoms with Crippen LogP contribution in [0.2, 0.25) is 0 Å². The molecule has 10 nitrogen and oxygen atoms in total. The Morgan fingerprint density at radius 3 is 2.19 bits per heavy atom. The summed E-state index contributed by atoms with van der Waals surface area (Å²) >= 11 is 0. The van der Waals surface area contributed by atoms with E-state index in [1.807, 2.05) is 0 Å². The summed E-state index contributed by atoms with van der Waals surface area (Å²) in [5.41, 5.74) is 0.909. The Hall–Kier alpha value is -3.04. The van der Waals surface area contributed by atoms with Crippen molar-refractivity contribution in [2.24, 2.45) is 0 Å². The summed E-state index contributed by atoms with van der Waals surface area (Å²) in [6, 6.07) is 0. The first-order chi connectivity index (χ1) is 14.5. The summed E-state index contributed by atoms with van der Waals surface area (Å²) in [5.74, 6) is -1.53. The van der Waals surface area contributed by atoms with Gasteiger partial charge in [0, 0.05) is 5.70 Å². The number of ether oxygens (including phenoxy) is 2. The molecule has 3 amide bonds. The molecule has 0 aromatic heterocycles. The molecular weight excluding hydrogens is 404 g/mol. The topological polar surface area (TPSA) is 135 Å². The van der Waals surface area contributed by atoms with Crippen molar-refractivity contribution in [2.45, 2.75) is 52.1 Å². The van der Waals surface area contributed by atoms with E-state index in [4.69, 9.17) is 9.47 Å². The van der Waals surface area contributed by atoms with E-state index in [0.717, 1.165) is 24.8 Å². The van der Waals surface area contributed by atoms with Crippen molar-refractivity contribution in [1.29, 1.82) is 0 Å². The third-order valence-corrected chi connectivity index (χ3v) is 4.01. The van der Waals surface area contributed by atoms with Crippen molar-refractivity contribution in [3.05, 3.63) is 23.9 Å². The third-order valence-electron chi connectivity index (χ3n) is 4.01. The zero-order valence-electron chi connectivity index (χ0n) is 18.6. The largest absolute Gasteiger partial charge is 0.459 e. The Kier molecular flexibility index (Phi) is 11.2. The summed E-state index contributed by atoms with van der Waals surface area (Å²) in [5, 5.41) is 10.1. The lowest BCUT2D eigenvalue weighted by Gasteiger charge is -2.19. The van der Waals surface area contributed by atoms with Crippen LogP contribution in [-0.4, -0.2) is 62.3 Å². The zero-order valence-corrected chi connectivity index (χ0v) is 18.6. The van der Waals surface area contributed by atoms with Crippen molar-refractivity contribution in [2.75, 3.05) is 32.8 Å². The monoisotopic (exact) mass is 438 g/mol. The number of nitrogens with one attached hydrogen (secondary N) is 4. The lowest BCUT2D eigenvalue weighted by molar-refractivity contribution is -0.154. The van der Waals surface area contributed by atoms with Gasteiger partial charge in [0.15, 0.2) is 0 Å². The number of alkyl carbamates (subject to hydrolysis) is 1. The number of carbonyl (C=O) groups is 4. The number of rotatable bonds is 11. The first-order valence-corrected chi connectivity index (χ1v) is 10.3. The van der Waals surface area contributed by atoms with Crippen molar-refractivity contribution in [3.63, 3.8) is 0 Å². The summed E-state index contributed by atoms with van der Waals surface area (Å²) in [6.07, 6.45) is 5.81. The Morgan fingerprint density at radius 2 is 1.58 bits per heavy atom. The van der Waals surface area contributed by atoms with Crippen molar-refractivity contribution < 1.29 is 28.7 Å². The average molecular weight is 439 g/mol. The van der Waals surface area contributed by atoms with Crippen molar-refractivity contribution in [3.8, 4) is 0 Å². The van der Waals surface area contributed by atoms with Gasteiger partial charge in [0.05, 0.1) is 19.6 Å². The second-order valence-electron chi connectivity index (χ2n) is 8.13. The first kappa shape index (κ1) is 26.0. The van der Waals surface area contributed by atoms with E-state index >= 15 is 0 Å². The number of allylic oxidation sites excluding steroid dienone is 1. The summed E-state index contributed by atoms with van der Waals surface area (Å²) in [4.78, 5) is 46.7. The normalized spacial score (nSPS) is 13.3. The van der Waals surface area contributed by atoms with E-state index in [0.29, 0.717) is 5.70 Å². The molecule has 1 aliphatic rings. The maximum Gasteiger partial charge on any atom is 0.407 e. The Morgan fingerprint density at radius 1 is 0.935 bits per heavy atom. The smallest absolute Gasteiger partial charge is 0.407 e. The van der Waals surface area contributed by atoms with E-state index in [9.17, 15) is 19.2 Å². The van der Waals surface area contributed by atoms with Crippen LogP contribution in [0, 0.1) is 0 Å². The van der Waals surface area contributed by atoms with Crippen LogP contribution >= 0.6 is 0 Å². The van der Waals surface area contributed by atoms with Gasteiger partial charge in [-0.15, -0.1) is 0 Å². The first-order valence-electron chi connectivity index (χ1n) is 10.3. The van der Waals surface area contributed by atoms with Gasteiger partial charge in [0.2, 0.25) is 11.8 Å². The maximum atomic E-state index is 11.8. The molecule has 0 unspecified atom stereocenters. The molecular formula is C21H34N4O6. The van der Waals surface area contributed by atoms with Gasteiger partial charge in [-0.25, -0.2) is 4.79 Å². The lowest BCUT2D eigenvalue weighted by atomic mass is 10.0. The second kappa shape index (κ2) is 13.3. The van der Waals surface area contributed by atoms with Crippen LogP contribution in [0.5, 0.6) is 0 Å². The highest BCUT2D eigenvalue weighted by Crippen LogP contribution is 2.17. The van der Waals surface area contributed by atoms with Crippen LogP contribution in [0.4, 0.5) is 4.79 Å². The molecule has 0 saturated carbocycles. The van der Waals surface area contributed by atoms with Crippen molar-refractivity contribution >= 4 is 23.9 Å². The van der Waals surface area contributed by atoms with E-state index in [2.05, 4.69) is 33.9 Å². The fourth-order valence-corrected chi connectivity index (χ4v) is 2.54. The molecule has 0 fully saturated rings. The number of hydrogen-bond acceptors (Lipinski definition) is 7. The standard InChI is InChI=1S/C21H34N4O6/c1-15(10-25-20(29)30-14-16-8-6-5-7-9-16)22-11-17(26)23-12-18(27)24-13-19(28)31-21(2,3)4/h8,22H,1,5-7,9-14H2,2-4H3,(H,23,26)(H,24,27)(H,25,29). The molecule has 0 saturated heterocycles. The van der Waals surface area contributed by atoms with Gasteiger partial charge < -0.3 is 30.7 Å². The highest BCUT2D eigenvalue weighted by Gasteiger charge is 2.16. The fraction of sp³-hybridized carbons (Fsp3) is 0.619. The minimum absolute atomic E-state index is 0.0987. The Labute approximate surface area is 183 Å². The number of hydrogen-bond donors (Lipinski definition) is 4. The summed E-state index contributed by atoms with van der Waals surface area (Å²) in [6.45, 7) is 8.59. The van der Waals surface area contributed by atoms with Crippen LogP contribution in [-0.2, 0) is 23.9 Å². The molecule has 0 aliphatic heterocycles. The molecule has 1 aliphatic carbocycles. The molecule has 0 atom stereocenters. The quantitative estimate of drug-likeness (QED) is 0.278. The molecule has 0 heterocycles. The molecule has 174 valence electrons. The van der Waals surface area contributed by atoms with E-state index in [-0.39, 0.29) is 32.8 Å². The lowest BCUT2D eigenvalue weighted by Crippen LogP contribution is -2.43. The van der Waals surface area contributed by atoms with Gasteiger partial charge in [0.25, 0.3) is 0 Å². The molecule has 1 rings (SSSR count). The average Bonchev–Trinajstić information content (AvgIpc) is 2.71. The van der Waals surface area contributed by atoms with Crippen LogP contribution < -0.4 is 21.3 Å². The van der Waals surface area contributed by atoms with E-state index in [1.165, 1.54) is 6.42 Å². The molecule has 31 heavy (non-hydrogen) atoms. The molecule has 4 N–H and O–H groups in total. The highest BCUT2D eigenvalue weighted by molar-refractivity contribution is 5.87. The van der Waals surface area contributed by atoms with Gasteiger partial charge in [-0.2, -0.15) is 0 Å². The van der Waals surface area contributed by atoms with E-state index in [1.54, 1.807) is 20.8 Å². The van der Waals surface area contributed by atoms with E-state index < -0.39 is 29.5 Å². The molecule has 0 radical (unpaired) electrons. The molecule has 0 aromatic carbocycles. The SMILES string of the molecule is C=C(CNC(=O)OCC1=CCCCC1)NCC(=O)NCC(=O)NCC(=O)OC(C)(C)C. The molecule has 0 bridgehead atoms. The Bertz CT molecular complexity index is 696. The predicted octanol–water partition coefficient (Wildman–Crippen LogP) is 0.890. The van der Waals surface area contributed by atoms with Gasteiger partial charge in [-0.3, -0.25) is 14.4 Å². The highest BCUT2D eigenvalue weighted by atomic mass is 16.6. The number of esters is 1. The van der Waals surface area contributed by atoms with Crippen molar-refractivity contribution in [1.82, 2.24) is 21.3 Å². The summed E-state index contributed by atoms with van der Waals surface area (Å²) in [7, 11) is 0. The summed E-state index contributed by atoms with van der Waals surface area (Å²) < 4.78 is 10.2. The molecule has 10 heteroatoms. The van der Waals surface area contributed by atoms with Crippen LogP contribution in [0.15, 0.2) is 23.9 Å². The van der Waals surface area contributed by atoms with Crippen LogP contribution in [0.1, 0.15) is 46.5 Å². The van der Waals surface area contributed by atoms with Crippen LogP contribution in [0.25, 0.3) is 0 Å². The van der Waals surface area contributed by atoms with Gasteiger partial charge in [-0.05, 0) is 52.0 Å². The van der Waals surface area contributed by atoms with Gasteiger partial charge in [0.1, 0.15) is 18.8 Å². The third kappa shape index (κ3) is 13.7. The predicted molar refractivity (Wildman–Crippen MR) is 115 cm³/mol. The zero-order chi connectivity index (χ0) is 23.3. The molecule has 0 aromatic rings. The molecule has 0 spiro atoms. The minimum atomic E-state index is -0.636. The number of carbonyl (C=O) groups excluding carboxylic acids is 4. The minimum Gasteiger partial charge on any atom is -0.459 e. The Balaban J connectivity index is 2.10. The number of amides is 3. The second-order valence-corrected chi connectivity index (χ2v) is 8.13. The fourth-order valence-electron chi connectivity index (χ4n) is 2.54. The van der Waals surface area contributed by atoms with Gasteiger partial charge in [-0.1, -0.05) is 12.7 Å².